The Balaban J connectivity index is 2.24. The lowest BCUT2D eigenvalue weighted by Crippen LogP contribution is -2.44. The summed E-state index contributed by atoms with van der Waals surface area (Å²) in [5, 5.41) is 0.145. The zero-order valence-electron chi connectivity index (χ0n) is 22.3. The fourth-order valence-electron chi connectivity index (χ4n) is 3.64. The highest BCUT2D eigenvalue weighted by atomic mass is 127. The molecule has 0 radical (unpaired) electrons. The Morgan fingerprint density at radius 2 is 1.76 bits per heavy atom. The predicted molar refractivity (Wildman–Crippen MR) is 149 cm³/mol. The molecule has 1 aromatic carbocycles. The second-order valence-corrected chi connectivity index (χ2v) is 17.0. The van der Waals surface area contributed by atoms with Gasteiger partial charge in [0, 0.05) is 10.5 Å². The van der Waals surface area contributed by atoms with Crippen molar-refractivity contribution in [3.8, 4) is 0 Å². The van der Waals surface area contributed by atoms with Crippen LogP contribution in [-0.2, 0) is 18.6 Å². The molecule has 34 heavy (non-hydrogen) atoms. The number of halogens is 1. The largest absolute Gasteiger partial charge is 0.452 e. The van der Waals surface area contributed by atoms with Gasteiger partial charge in [0.1, 0.15) is 12.2 Å². The van der Waals surface area contributed by atoms with Crippen molar-refractivity contribution in [2.24, 2.45) is 5.92 Å². The van der Waals surface area contributed by atoms with Crippen LogP contribution >= 0.6 is 22.6 Å². The van der Waals surface area contributed by atoms with Gasteiger partial charge in [0.25, 0.3) is 0 Å². The van der Waals surface area contributed by atoms with E-state index < -0.39 is 20.2 Å². The standard InChI is InChI=1S/C27H43IO5Si/c1-19(20(2)33-34(8,9)26(3,4)5)15-16-22(30-25(29)21-13-11-10-12-14-21)24-23(17-18-28)31-27(6,7)32-24/h10-16,19-20,22-24H,17-18H2,1-9H3/b16-15-/t19-,20?,22?,23+,24+/m1/s1. The van der Waals surface area contributed by atoms with Crippen molar-refractivity contribution >= 4 is 36.9 Å². The molecule has 1 fully saturated rings. The maximum absolute atomic E-state index is 12.9. The number of ether oxygens (including phenoxy) is 3. The summed E-state index contributed by atoms with van der Waals surface area (Å²) in [5.74, 6) is -0.947. The van der Waals surface area contributed by atoms with Crippen molar-refractivity contribution in [3.63, 3.8) is 0 Å². The predicted octanol–water partition coefficient (Wildman–Crippen LogP) is 7.16. The summed E-state index contributed by atoms with van der Waals surface area (Å²) in [6, 6.07) is 9.08. The SMILES string of the molecule is CC(O[Si](C)(C)C(C)(C)C)[C@H](C)/C=C\C(OC(=O)c1ccccc1)[C@@H]1OC(C)(C)O[C@H]1CCI. The van der Waals surface area contributed by atoms with E-state index in [2.05, 4.69) is 76.4 Å². The van der Waals surface area contributed by atoms with Gasteiger partial charge in [-0.2, -0.15) is 0 Å². The van der Waals surface area contributed by atoms with Crippen molar-refractivity contribution in [3.05, 3.63) is 48.0 Å². The van der Waals surface area contributed by atoms with Gasteiger partial charge < -0.3 is 18.6 Å². The second kappa shape index (κ2) is 12.0. The molecule has 1 aliphatic heterocycles. The Kier molecular flexibility index (Phi) is 10.4. The first-order valence-corrected chi connectivity index (χ1v) is 16.6. The Bertz CT molecular complexity index is 818. The van der Waals surface area contributed by atoms with Gasteiger partial charge in [-0.15, -0.1) is 0 Å². The zero-order chi connectivity index (χ0) is 25.7. The minimum Gasteiger partial charge on any atom is -0.452 e. The first-order chi connectivity index (χ1) is 15.7. The summed E-state index contributed by atoms with van der Waals surface area (Å²) >= 11 is 2.34. The minimum atomic E-state index is -1.89. The normalized spacial score (nSPS) is 23.6. The second-order valence-electron chi connectivity index (χ2n) is 11.2. The number of rotatable bonds is 10. The van der Waals surface area contributed by atoms with E-state index in [9.17, 15) is 4.79 Å². The van der Waals surface area contributed by atoms with E-state index in [0.717, 1.165) is 10.8 Å². The van der Waals surface area contributed by atoms with Crippen molar-refractivity contribution in [1.82, 2.24) is 0 Å². The Labute approximate surface area is 221 Å². The van der Waals surface area contributed by atoms with E-state index in [0.29, 0.717) is 5.56 Å². The molecule has 0 saturated carbocycles. The van der Waals surface area contributed by atoms with Gasteiger partial charge in [0.15, 0.2) is 14.1 Å². The molecular weight excluding hydrogens is 559 g/mol. The van der Waals surface area contributed by atoms with E-state index in [1.165, 1.54) is 0 Å². The summed E-state index contributed by atoms with van der Waals surface area (Å²) < 4.78 is 25.9. The average Bonchev–Trinajstić information content (AvgIpc) is 3.04. The van der Waals surface area contributed by atoms with Crippen LogP contribution in [0.5, 0.6) is 0 Å². The molecule has 0 bridgehead atoms. The Morgan fingerprint density at radius 3 is 2.32 bits per heavy atom. The molecule has 0 N–H and O–H groups in total. The highest BCUT2D eigenvalue weighted by Crippen LogP contribution is 2.38. The van der Waals surface area contributed by atoms with Crippen LogP contribution < -0.4 is 0 Å². The Hall–Kier alpha value is -0.743. The maximum Gasteiger partial charge on any atom is 0.338 e. The van der Waals surface area contributed by atoms with Crippen LogP contribution in [-0.4, -0.2) is 48.9 Å². The van der Waals surface area contributed by atoms with Crippen LogP contribution in [0.25, 0.3) is 0 Å². The third-order valence-electron chi connectivity index (χ3n) is 6.82. The van der Waals surface area contributed by atoms with Crippen LogP contribution in [0.15, 0.2) is 42.5 Å². The number of carbonyl (C=O) groups is 1. The lowest BCUT2D eigenvalue weighted by atomic mass is 10.0. The molecule has 192 valence electrons. The fourth-order valence-corrected chi connectivity index (χ4v) is 5.76. The van der Waals surface area contributed by atoms with Crippen molar-refractivity contribution in [2.75, 3.05) is 4.43 Å². The average molecular weight is 603 g/mol. The molecule has 5 atom stereocenters. The third kappa shape index (κ3) is 8.15. The van der Waals surface area contributed by atoms with Crippen LogP contribution in [0, 0.1) is 5.92 Å². The molecule has 0 aromatic heterocycles. The molecule has 0 amide bonds. The van der Waals surface area contributed by atoms with Gasteiger partial charge in [0.05, 0.1) is 11.7 Å². The van der Waals surface area contributed by atoms with E-state index >= 15 is 0 Å². The van der Waals surface area contributed by atoms with Gasteiger partial charge >= 0.3 is 5.97 Å². The van der Waals surface area contributed by atoms with Crippen molar-refractivity contribution in [2.45, 2.75) is 103 Å². The van der Waals surface area contributed by atoms with Crippen LogP contribution in [0.4, 0.5) is 0 Å². The fraction of sp³-hybridized carbons (Fsp3) is 0.667. The van der Waals surface area contributed by atoms with Gasteiger partial charge in [-0.25, -0.2) is 4.79 Å². The smallest absolute Gasteiger partial charge is 0.338 e. The molecule has 1 saturated heterocycles. The highest BCUT2D eigenvalue weighted by molar-refractivity contribution is 14.1. The number of hydrogen-bond acceptors (Lipinski definition) is 5. The summed E-state index contributed by atoms with van der Waals surface area (Å²) in [7, 11) is -1.89. The highest BCUT2D eigenvalue weighted by Gasteiger charge is 2.45. The van der Waals surface area contributed by atoms with Crippen molar-refractivity contribution in [1.29, 1.82) is 0 Å². The lowest BCUT2D eigenvalue weighted by Gasteiger charge is -2.39. The minimum absolute atomic E-state index is 0.0462. The van der Waals surface area contributed by atoms with E-state index in [1.54, 1.807) is 12.1 Å². The zero-order valence-corrected chi connectivity index (χ0v) is 25.4. The van der Waals surface area contributed by atoms with Crippen LogP contribution in [0.2, 0.25) is 18.1 Å². The first kappa shape index (κ1) is 29.5. The Morgan fingerprint density at radius 1 is 1.15 bits per heavy atom. The van der Waals surface area contributed by atoms with Crippen LogP contribution in [0.3, 0.4) is 0 Å². The molecular formula is C27H43IO5Si. The van der Waals surface area contributed by atoms with Gasteiger partial charge in [-0.3, -0.25) is 0 Å². The molecule has 1 aliphatic rings. The van der Waals surface area contributed by atoms with Gasteiger partial charge in [0.2, 0.25) is 0 Å². The van der Waals surface area contributed by atoms with Crippen molar-refractivity contribution < 1.29 is 23.4 Å². The molecule has 2 rings (SSSR count). The van der Waals surface area contributed by atoms with Gasteiger partial charge in [-0.05, 0) is 69.5 Å². The van der Waals surface area contributed by atoms with E-state index in [4.69, 9.17) is 18.6 Å². The summed E-state index contributed by atoms with van der Waals surface area (Å²) in [4.78, 5) is 12.9. The third-order valence-corrected chi connectivity index (χ3v) is 12.0. The number of alkyl halides is 1. The number of benzene rings is 1. The number of carbonyl (C=O) groups excluding carboxylic acids is 1. The summed E-state index contributed by atoms with van der Waals surface area (Å²) in [6.45, 7) is 19.4. The topological polar surface area (TPSA) is 54.0 Å². The monoisotopic (exact) mass is 602 g/mol. The molecule has 5 nitrogen and oxygen atoms in total. The van der Waals surface area contributed by atoms with Crippen LogP contribution in [0.1, 0.15) is 65.2 Å². The molecule has 1 aromatic rings. The molecule has 7 heteroatoms. The van der Waals surface area contributed by atoms with Gasteiger partial charge in [-0.1, -0.05) is 74.6 Å². The number of hydrogen-bond donors (Lipinski definition) is 0. The molecule has 2 unspecified atom stereocenters. The lowest BCUT2D eigenvalue weighted by molar-refractivity contribution is -0.153. The van der Waals surface area contributed by atoms with E-state index in [1.807, 2.05) is 38.1 Å². The maximum atomic E-state index is 12.9. The molecule has 1 heterocycles. The molecule has 0 spiro atoms. The summed E-state index contributed by atoms with van der Waals surface area (Å²) in [6.07, 6.45) is 3.83. The van der Waals surface area contributed by atoms with E-state index in [-0.39, 0.29) is 35.2 Å². The quantitative estimate of drug-likeness (QED) is 0.0936. The first-order valence-electron chi connectivity index (χ1n) is 12.2. The summed E-state index contributed by atoms with van der Waals surface area (Å²) in [5.41, 5.74) is 0.521. The number of esters is 1. The molecule has 0 aliphatic carbocycles.